The predicted molar refractivity (Wildman–Crippen MR) is 76.4 cm³/mol. The lowest BCUT2D eigenvalue weighted by Crippen LogP contribution is -2.31. The third-order valence-corrected chi connectivity index (χ3v) is 2.73. The number of urea groups is 1. The summed E-state index contributed by atoms with van der Waals surface area (Å²) in [6, 6.07) is 4.10. The minimum absolute atomic E-state index is 0.0788. The van der Waals surface area contributed by atoms with Crippen LogP contribution in [0.2, 0.25) is 0 Å². The van der Waals surface area contributed by atoms with E-state index in [-0.39, 0.29) is 24.5 Å². The van der Waals surface area contributed by atoms with Crippen LogP contribution in [0.1, 0.15) is 29.3 Å². The van der Waals surface area contributed by atoms with Crippen LogP contribution in [-0.4, -0.2) is 36.2 Å². The Morgan fingerprint density at radius 1 is 1.29 bits per heavy atom. The van der Waals surface area contributed by atoms with Crippen molar-refractivity contribution in [1.82, 2.24) is 5.32 Å². The number of hydrogen-bond acceptors (Lipinski definition) is 4. The van der Waals surface area contributed by atoms with Gasteiger partial charge in [-0.15, -0.1) is 0 Å². The Hall–Kier alpha value is -2.57. The third kappa shape index (κ3) is 5.13. The van der Waals surface area contributed by atoms with Gasteiger partial charge in [0, 0.05) is 12.2 Å². The van der Waals surface area contributed by atoms with Gasteiger partial charge in [0.2, 0.25) is 0 Å². The van der Waals surface area contributed by atoms with Crippen molar-refractivity contribution in [2.45, 2.75) is 20.3 Å². The highest BCUT2D eigenvalue weighted by atomic mass is 16.5. The lowest BCUT2D eigenvalue weighted by molar-refractivity contribution is -0.142. The van der Waals surface area contributed by atoms with Gasteiger partial charge in [-0.1, -0.05) is 6.07 Å². The van der Waals surface area contributed by atoms with Gasteiger partial charge in [0.15, 0.2) is 0 Å². The number of carbonyl (C=O) groups excluding carboxylic acids is 2. The van der Waals surface area contributed by atoms with Crippen molar-refractivity contribution in [3.8, 4) is 0 Å². The number of rotatable bonds is 6. The monoisotopic (exact) mass is 294 g/mol. The van der Waals surface area contributed by atoms with E-state index >= 15 is 0 Å². The number of carboxylic acids is 1. The zero-order chi connectivity index (χ0) is 15.8. The average molecular weight is 294 g/mol. The summed E-state index contributed by atoms with van der Waals surface area (Å²) < 4.78 is 4.73. The van der Waals surface area contributed by atoms with Crippen LogP contribution in [-0.2, 0) is 9.53 Å². The number of benzene rings is 1. The first-order chi connectivity index (χ1) is 9.95. The molecule has 0 saturated heterocycles. The molecule has 0 heterocycles. The summed E-state index contributed by atoms with van der Waals surface area (Å²) >= 11 is 0. The number of aromatic carboxylic acids is 1. The molecule has 0 unspecified atom stereocenters. The van der Waals surface area contributed by atoms with Crippen molar-refractivity contribution in [2.24, 2.45) is 0 Å². The van der Waals surface area contributed by atoms with Crippen molar-refractivity contribution < 1.29 is 24.2 Å². The van der Waals surface area contributed by atoms with Crippen molar-refractivity contribution >= 4 is 23.7 Å². The highest BCUT2D eigenvalue weighted by molar-refractivity contribution is 5.95. The van der Waals surface area contributed by atoms with Gasteiger partial charge in [-0.3, -0.25) is 4.79 Å². The third-order valence-electron chi connectivity index (χ3n) is 2.73. The minimum Gasteiger partial charge on any atom is -0.478 e. The zero-order valence-corrected chi connectivity index (χ0v) is 11.9. The average Bonchev–Trinajstić information content (AvgIpc) is 2.41. The standard InChI is InChI=1S/C14H18N2O5/c1-3-21-12(17)7-8-15-14(20)16-11-6-4-5-10(9(11)2)13(18)19/h4-6H,3,7-8H2,1-2H3,(H,18,19)(H2,15,16,20). The molecule has 0 bridgehead atoms. The molecule has 2 amide bonds. The second-order valence-electron chi connectivity index (χ2n) is 4.22. The van der Waals surface area contributed by atoms with Crippen LogP contribution in [0.25, 0.3) is 0 Å². The number of ether oxygens (including phenoxy) is 1. The summed E-state index contributed by atoms with van der Waals surface area (Å²) in [6.45, 7) is 3.75. The van der Waals surface area contributed by atoms with E-state index in [1.165, 1.54) is 6.07 Å². The number of amides is 2. The van der Waals surface area contributed by atoms with E-state index in [1.54, 1.807) is 26.0 Å². The molecule has 0 aliphatic heterocycles. The van der Waals surface area contributed by atoms with Crippen molar-refractivity contribution in [1.29, 1.82) is 0 Å². The highest BCUT2D eigenvalue weighted by Gasteiger charge is 2.12. The molecule has 0 aliphatic rings. The molecule has 0 aromatic heterocycles. The normalized spacial score (nSPS) is 9.81. The van der Waals surface area contributed by atoms with Crippen molar-refractivity contribution in [2.75, 3.05) is 18.5 Å². The molecule has 1 aromatic rings. The van der Waals surface area contributed by atoms with Crippen LogP contribution >= 0.6 is 0 Å². The Morgan fingerprint density at radius 2 is 2.00 bits per heavy atom. The first kappa shape index (κ1) is 16.5. The topological polar surface area (TPSA) is 105 Å². The molecular formula is C14H18N2O5. The van der Waals surface area contributed by atoms with Gasteiger partial charge in [-0.2, -0.15) is 0 Å². The molecular weight excluding hydrogens is 276 g/mol. The second-order valence-corrected chi connectivity index (χ2v) is 4.22. The van der Waals surface area contributed by atoms with Gasteiger partial charge in [0.25, 0.3) is 0 Å². The zero-order valence-electron chi connectivity index (χ0n) is 11.9. The molecule has 0 aliphatic carbocycles. The van der Waals surface area contributed by atoms with Gasteiger partial charge < -0.3 is 20.5 Å². The van der Waals surface area contributed by atoms with E-state index in [0.29, 0.717) is 17.9 Å². The largest absolute Gasteiger partial charge is 0.478 e. The highest BCUT2D eigenvalue weighted by Crippen LogP contribution is 2.18. The quantitative estimate of drug-likeness (QED) is 0.693. The van der Waals surface area contributed by atoms with E-state index in [4.69, 9.17) is 9.84 Å². The first-order valence-electron chi connectivity index (χ1n) is 6.49. The van der Waals surface area contributed by atoms with E-state index in [2.05, 4.69) is 10.6 Å². The summed E-state index contributed by atoms with van der Waals surface area (Å²) in [5.41, 5.74) is 0.994. The number of esters is 1. The summed E-state index contributed by atoms with van der Waals surface area (Å²) in [5.74, 6) is -1.44. The summed E-state index contributed by atoms with van der Waals surface area (Å²) in [6.07, 6.45) is 0.0788. The fourth-order valence-electron chi connectivity index (χ4n) is 1.68. The SMILES string of the molecule is CCOC(=O)CCNC(=O)Nc1cccc(C(=O)O)c1C. The van der Waals surface area contributed by atoms with Gasteiger partial charge in [-0.05, 0) is 31.5 Å². The summed E-state index contributed by atoms with van der Waals surface area (Å²) in [5, 5.41) is 14.0. The summed E-state index contributed by atoms with van der Waals surface area (Å²) in [4.78, 5) is 33.7. The van der Waals surface area contributed by atoms with Crippen molar-refractivity contribution in [3.05, 3.63) is 29.3 Å². The molecule has 21 heavy (non-hydrogen) atoms. The molecule has 0 spiro atoms. The van der Waals surface area contributed by atoms with Crippen molar-refractivity contribution in [3.63, 3.8) is 0 Å². The van der Waals surface area contributed by atoms with Crippen LogP contribution in [0.15, 0.2) is 18.2 Å². The van der Waals surface area contributed by atoms with E-state index in [9.17, 15) is 14.4 Å². The Kier molecular flexibility index (Phi) is 6.19. The van der Waals surface area contributed by atoms with Crippen LogP contribution in [0.4, 0.5) is 10.5 Å². The van der Waals surface area contributed by atoms with E-state index < -0.39 is 12.0 Å². The summed E-state index contributed by atoms with van der Waals surface area (Å²) in [7, 11) is 0. The molecule has 1 aromatic carbocycles. The molecule has 1 rings (SSSR count). The minimum atomic E-state index is -1.06. The Bertz CT molecular complexity index is 542. The number of nitrogens with one attached hydrogen (secondary N) is 2. The van der Waals surface area contributed by atoms with E-state index in [0.717, 1.165) is 0 Å². The molecule has 0 radical (unpaired) electrons. The van der Waals surface area contributed by atoms with Gasteiger partial charge in [0.1, 0.15) is 0 Å². The fourth-order valence-corrected chi connectivity index (χ4v) is 1.68. The molecule has 7 heteroatoms. The Labute approximate surface area is 122 Å². The number of carboxylic acid groups (broad SMARTS) is 1. The van der Waals surface area contributed by atoms with Gasteiger partial charge in [0.05, 0.1) is 18.6 Å². The first-order valence-corrected chi connectivity index (χ1v) is 6.49. The van der Waals surface area contributed by atoms with Crippen LogP contribution in [0.5, 0.6) is 0 Å². The second kappa shape index (κ2) is 7.88. The van der Waals surface area contributed by atoms with E-state index in [1.807, 2.05) is 0 Å². The lowest BCUT2D eigenvalue weighted by atomic mass is 10.1. The maximum absolute atomic E-state index is 11.7. The molecule has 0 fully saturated rings. The maximum atomic E-state index is 11.7. The molecule has 3 N–H and O–H groups in total. The van der Waals surface area contributed by atoms with Crippen LogP contribution in [0, 0.1) is 6.92 Å². The van der Waals surface area contributed by atoms with Crippen LogP contribution in [0.3, 0.4) is 0 Å². The molecule has 0 saturated carbocycles. The predicted octanol–water partition coefficient (Wildman–Crippen LogP) is 1.77. The lowest BCUT2D eigenvalue weighted by Gasteiger charge is -2.11. The molecule has 7 nitrogen and oxygen atoms in total. The number of carbonyl (C=O) groups is 3. The molecule has 0 atom stereocenters. The van der Waals surface area contributed by atoms with Crippen LogP contribution < -0.4 is 10.6 Å². The number of anilines is 1. The Morgan fingerprint density at radius 3 is 2.62 bits per heavy atom. The fraction of sp³-hybridized carbons (Fsp3) is 0.357. The van der Waals surface area contributed by atoms with Gasteiger partial charge in [-0.25, -0.2) is 9.59 Å². The van der Waals surface area contributed by atoms with Gasteiger partial charge >= 0.3 is 18.0 Å². The smallest absolute Gasteiger partial charge is 0.336 e. The molecule has 114 valence electrons. The number of hydrogen-bond donors (Lipinski definition) is 3. The Balaban J connectivity index is 2.54. The maximum Gasteiger partial charge on any atom is 0.336 e.